The van der Waals surface area contributed by atoms with E-state index in [1.54, 1.807) is 6.20 Å². The Labute approximate surface area is 247 Å². The summed E-state index contributed by atoms with van der Waals surface area (Å²) in [6.45, 7) is 2.63. The van der Waals surface area contributed by atoms with Crippen molar-refractivity contribution in [3.63, 3.8) is 0 Å². The molecule has 7 aliphatic rings. The minimum atomic E-state index is -1.19. The van der Waals surface area contributed by atoms with Gasteiger partial charge in [0, 0.05) is 62.7 Å². The molecule has 8 rings (SSSR count). The van der Waals surface area contributed by atoms with Crippen LogP contribution in [0.5, 0.6) is 0 Å². The zero-order chi connectivity index (χ0) is 28.5. The van der Waals surface area contributed by atoms with Gasteiger partial charge in [0.25, 0.3) is 5.91 Å². The molecule has 5 heterocycles. The number of halogens is 1. The fourth-order valence-corrected chi connectivity index (χ4v) is 9.95. The number of fused-ring (bicyclic) bond motifs is 3. The third-order valence-electron chi connectivity index (χ3n) is 12.0. The van der Waals surface area contributed by atoms with Crippen LogP contribution in [0.25, 0.3) is 0 Å². The van der Waals surface area contributed by atoms with Crippen LogP contribution in [0.3, 0.4) is 0 Å². The Kier molecular flexibility index (Phi) is 6.91. The molecule has 0 bridgehead atoms. The van der Waals surface area contributed by atoms with Crippen LogP contribution in [0.2, 0.25) is 0 Å². The fourth-order valence-electron chi connectivity index (χ4n) is 9.95. The van der Waals surface area contributed by atoms with Gasteiger partial charge in [-0.05, 0) is 55.6 Å². The van der Waals surface area contributed by atoms with Gasteiger partial charge in [0.1, 0.15) is 6.17 Å². The van der Waals surface area contributed by atoms with Gasteiger partial charge in [-0.15, -0.1) is 0 Å². The molecule has 9 heteroatoms. The third-order valence-corrected chi connectivity index (χ3v) is 12.0. The highest BCUT2D eigenvalue weighted by atomic mass is 19.1. The molecule has 11 atom stereocenters. The van der Waals surface area contributed by atoms with Crippen molar-refractivity contribution in [2.45, 2.75) is 106 Å². The zero-order valence-electron chi connectivity index (χ0n) is 24.4. The molecule has 1 aromatic heterocycles. The SMILES string of the molecule is NC1CCN(C2C(F)CC3C(=O)C(C(=O)N4CCC(c5cccnc5)C4)=CN4C5CC6CCCCC6CC5OC2C34)C1. The van der Waals surface area contributed by atoms with Gasteiger partial charge in [0.05, 0.1) is 35.9 Å². The van der Waals surface area contributed by atoms with Crippen molar-refractivity contribution in [1.82, 2.24) is 19.7 Å². The van der Waals surface area contributed by atoms with E-state index >= 15 is 4.39 Å². The number of nitrogens with zero attached hydrogens (tertiary/aromatic N) is 4. The van der Waals surface area contributed by atoms with E-state index in [2.05, 4.69) is 20.9 Å². The highest BCUT2D eigenvalue weighted by molar-refractivity contribution is 6.20. The Hall–Kier alpha value is -2.36. The first-order valence-electron chi connectivity index (χ1n) is 16.5. The third kappa shape index (κ3) is 4.44. The van der Waals surface area contributed by atoms with E-state index < -0.39 is 24.2 Å². The summed E-state index contributed by atoms with van der Waals surface area (Å²) >= 11 is 0. The van der Waals surface area contributed by atoms with Gasteiger partial charge >= 0.3 is 0 Å². The van der Waals surface area contributed by atoms with Gasteiger partial charge in [-0.2, -0.15) is 0 Å². The first-order valence-corrected chi connectivity index (χ1v) is 16.5. The van der Waals surface area contributed by atoms with Crippen molar-refractivity contribution >= 4 is 11.7 Å². The number of likely N-dealkylation sites (tertiary alicyclic amines) is 2. The molecule has 3 saturated heterocycles. The number of aromatic nitrogens is 1. The fraction of sp³-hybridized carbons (Fsp3) is 0.727. The smallest absolute Gasteiger partial charge is 0.258 e. The maximum Gasteiger partial charge on any atom is 0.258 e. The number of hydrogen-bond acceptors (Lipinski definition) is 7. The van der Waals surface area contributed by atoms with Crippen LogP contribution in [0.4, 0.5) is 4.39 Å². The molecule has 0 radical (unpaired) electrons. The Morgan fingerprint density at radius 2 is 1.86 bits per heavy atom. The lowest BCUT2D eigenvalue weighted by molar-refractivity contribution is -0.219. The Morgan fingerprint density at radius 3 is 2.62 bits per heavy atom. The number of carbonyl (C=O) groups excluding carboxylic acids is 2. The van der Waals surface area contributed by atoms with Crippen LogP contribution in [-0.2, 0) is 14.3 Å². The maximum atomic E-state index is 16.3. The van der Waals surface area contributed by atoms with Crippen LogP contribution in [0.15, 0.2) is 36.3 Å². The number of hydrogen-bond donors (Lipinski definition) is 1. The van der Waals surface area contributed by atoms with Gasteiger partial charge < -0.3 is 20.3 Å². The van der Waals surface area contributed by atoms with Crippen LogP contribution in [0.1, 0.15) is 69.3 Å². The highest BCUT2D eigenvalue weighted by Gasteiger charge is 2.61. The van der Waals surface area contributed by atoms with E-state index in [4.69, 9.17) is 10.5 Å². The maximum absolute atomic E-state index is 16.3. The standard InChI is InChI=1S/C33H44FN5O3/c34-26-14-24-29-32(30(26)37-11-8-23(35)17-37)42-28-13-20-5-2-1-4-19(20)12-27(28)39(29)18-25(31(24)40)33(41)38-10-7-22(16-38)21-6-3-9-36-15-21/h3,6,9,15,18-20,22-24,26-30,32H,1-2,4-5,7-8,10-14,16-17,35H2. The number of nitrogens with two attached hydrogens (primary N) is 1. The van der Waals surface area contributed by atoms with Gasteiger partial charge in [-0.3, -0.25) is 19.5 Å². The van der Waals surface area contributed by atoms with E-state index in [0.29, 0.717) is 31.5 Å². The molecule has 226 valence electrons. The van der Waals surface area contributed by atoms with Crippen molar-refractivity contribution in [3.05, 3.63) is 41.9 Å². The van der Waals surface area contributed by atoms with Gasteiger partial charge in [0.2, 0.25) is 0 Å². The van der Waals surface area contributed by atoms with E-state index in [1.165, 1.54) is 25.7 Å². The molecular formula is C33H44FN5O3. The van der Waals surface area contributed by atoms with Crippen molar-refractivity contribution in [3.8, 4) is 0 Å². The number of pyridine rings is 1. The lowest BCUT2D eigenvalue weighted by Crippen LogP contribution is -2.73. The van der Waals surface area contributed by atoms with Crippen LogP contribution >= 0.6 is 0 Å². The minimum absolute atomic E-state index is 0.00196. The molecule has 1 aromatic rings. The van der Waals surface area contributed by atoms with E-state index in [-0.39, 0.29) is 53.8 Å². The average molecular weight is 578 g/mol. The molecule has 2 N–H and O–H groups in total. The van der Waals surface area contributed by atoms with Crippen molar-refractivity contribution in [1.29, 1.82) is 0 Å². The van der Waals surface area contributed by atoms with Crippen molar-refractivity contribution < 1.29 is 18.7 Å². The molecule has 0 spiro atoms. The lowest BCUT2D eigenvalue weighted by Gasteiger charge is -2.61. The summed E-state index contributed by atoms with van der Waals surface area (Å²) in [6, 6.07) is 3.54. The molecule has 4 aliphatic heterocycles. The Balaban J connectivity index is 1.12. The number of rotatable bonds is 3. The lowest BCUT2D eigenvalue weighted by atomic mass is 9.64. The first kappa shape index (κ1) is 27.2. The number of amides is 1. The van der Waals surface area contributed by atoms with Crippen LogP contribution in [0, 0.1) is 17.8 Å². The summed E-state index contributed by atoms with van der Waals surface area (Å²) in [7, 11) is 0. The van der Waals surface area contributed by atoms with Crippen LogP contribution < -0.4 is 5.73 Å². The summed E-state index contributed by atoms with van der Waals surface area (Å²) in [5, 5.41) is 0. The summed E-state index contributed by atoms with van der Waals surface area (Å²) in [6.07, 6.45) is 12.9. The number of ether oxygens (including phenoxy) is 1. The second kappa shape index (κ2) is 10.7. The van der Waals surface area contributed by atoms with Crippen molar-refractivity contribution in [2.75, 3.05) is 26.2 Å². The molecule has 6 fully saturated rings. The summed E-state index contributed by atoms with van der Waals surface area (Å²) in [5.74, 6) is 0.574. The largest absolute Gasteiger partial charge is 0.369 e. The normalized spacial score (nSPS) is 43.4. The molecular weight excluding hydrogens is 533 g/mol. The number of alkyl halides is 1. The molecule has 0 aromatic carbocycles. The molecule has 8 nitrogen and oxygen atoms in total. The predicted octanol–water partition coefficient (Wildman–Crippen LogP) is 3.03. The van der Waals surface area contributed by atoms with Crippen LogP contribution in [-0.4, -0.2) is 100 Å². The predicted molar refractivity (Wildman–Crippen MR) is 155 cm³/mol. The highest BCUT2D eigenvalue weighted by Crippen LogP contribution is 2.51. The number of carbonyl (C=O) groups is 2. The number of ketones is 1. The first-order chi connectivity index (χ1) is 20.5. The number of Topliss-reactive ketones (excluding diaryl/α,β-unsaturated/α-hetero) is 1. The molecule has 42 heavy (non-hydrogen) atoms. The quantitative estimate of drug-likeness (QED) is 0.553. The Bertz CT molecular complexity index is 1250. The topological polar surface area (TPSA) is 92.0 Å². The zero-order valence-corrected chi connectivity index (χ0v) is 24.4. The van der Waals surface area contributed by atoms with E-state index in [1.807, 2.05) is 23.4 Å². The second-order valence-electron chi connectivity index (χ2n) is 14.2. The monoisotopic (exact) mass is 577 g/mol. The molecule has 11 unspecified atom stereocenters. The molecule has 3 saturated carbocycles. The Morgan fingerprint density at radius 1 is 1.02 bits per heavy atom. The molecule has 1 amide bonds. The van der Waals surface area contributed by atoms with E-state index in [0.717, 1.165) is 37.8 Å². The average Bonchev–Trinajstić information content (AvgIpc) is 3.67. The second-order valence-corrected chi connectivity index (χ2v) is 14.2. The summed E-state index contributed by atoms with van der Waals surface area (Å²) in [4.78, 5) is 38.8. The van der Waals surface area contributed by atoms with Crippen molar-refractivity contribution in [2.24, 2.45) is 23.5 Å². The minimum Gasteiger partial charge on any atom is -0.369 e. The van der Waals surface area contributed by atoms with Gasteiger partial charge in [0.15, 0.2) is 5.78 Å². The van der Waals surface area contributed by atoms with E-state index in [9.17, 15) is 9.59 Å². The summed E-state index contributed by atoms with van der Waals surface area (Å²) < 4.78 is 23.2. The number of morpholine rings is 1. The van der Waals surface area contributed by atoms with Gasteiger partial charge in [-0.1, -0.05) is 31.7 Å². The molecule has 3 aliphatic carbocycles. The van der Waals surface area contributed by atoms with Gasteiger partial charge in [-0.25, -0.2) is 4.39 Å². The summed E-state index contributed by atoms with van der Waals surface area (Å²) in [5.41, 5.74) is 7.65.